The molecule has 0 unspecified atom stereocenters. The van der Waals surface area contributed by atoms with Crippen molar-refractivity contribution in [3.05, 3.63) is 23.0 Å². The van der Waals surface area contributed by atoms with Crippen molar-refractivity contribution in [3.8, 4) is 0 Å². The number of ether oxygens (including phenoxy) is 2. The minimum atomic E-state index is -0.207. The van der Waals surface area contributed by atoms with E-state index in [1.807, 2.05) is 19.9 Å². The molecule has 0 aromatic rings. The van der Waals surface area contributed by atoms with Crippen LogP contribution in [0.2, 0.25) is 0 Å². The quantitative estimate of drug-likeness (QED) is 0.417. The molecule has 0 atom stereocenters. The first-order valence-corrected chi connectivity index (χ1v) is 6.48. The number of esters is 1. The molecule has 0 aromatic carbocycles. The van der Waals surface area contributed by atoms with Crippen molar-refractivity contribution in [3.63, 3.8) is 0 Å². The van der Waals surface area contributed by atoms with Gasteiger partial charge in [0.1, 0.15) is 0 Å². The fraction of sp³-hybridized carbons (Fsp3) is 0.615. The van der Waals surface area contributed by atoms with E-state index in [0.29, 0.717) is 25.5 Å². The predicted molar refractivity (Wildman–Crippen MR) is 67.9 cm³/mol. The fourth-order valence-electron chi connectivity index (χ4n) is 1.70. The number of hydrogen-bond acceptors (Lipinski definition) is 3. The second kappa shape index (κ2) is 7.38. The number of hydrogen-bond donors (Lipinski definition) is 0. The van der Waals surface area contributed by atoms with E-state index in [1.165, 1.54) is 0 Å². The number of carbonyl (C=O) groups is 1. The molecule has 0 aromatic heterocycles. The molecule has 17 heavy (non-hydrogen) atoms. The maximum atomic E-state index is 11.6. The van der Waals surface area contributed by atoms with Crippen LogP contribution in [0.4, 0.5) is 0 Å². The summed E-state index contributed by atoms with van der Waals surface area (Å²) in [5, 5.41) is 0. The van der Waals surface area contributed by atoms with Crippen molar-refractivity contribution in [2.45, 2.75) is 33.1 Å². The SMILES string of the molecule is CCOC(=O)C1=C(C)C=C(OCCCCl)CC1. The molecule has 0 amide bonds. The van der Waals surface area contributed by atoms with Crippen LogP contribution in [-0.4, -0.2) is 25.1 Å². The van der Waals surface area contributed by atoms with E-state index in [-0.39, 0.29) is 5.97 Å². The topological polar surface area (TPSA) is 35.5 Å². The summed E-state index contributed by atoms with van der Waals surface area (Å²) in [6, 6.07) is 0. The van der Waals surface area contributed by atoms with E-state index >= 15 is 0 Å². The second-order valence-corrected chi connectivity index (χ2v) is 4.26. The Bertz CT molecular complexity index is 332. The van der Waals surface area contributed by atoms with Crippen molar-refractivity contribution in [2.24, 2.45) is 0 Å². The summed E-state index contributed by atoms with van der Waals surface area (Å²) in [5.74, 6) is 1.33. The standard InChI is InChI=1S/C13H19ClO3/c1-3-16-13(15)12-6-5-11(9-10(12)2)17-8-4-7-14/h9H,3-8H2,1-2H3. The van der Waals surface area contributed by atoms with Crippen molar-refractivity contribution < 1.29 is 14.3 Å². The normalized spacial score (nSPS) is 15.6. The van der Waals surface area contributed by atoms with Gasteiger partial charge in [0.05, 0.1) is 19.0 Å². The summed E-state index contributed by atoms with van der Waals surface area (Å²) in [5.41, 5.74) is 1.70. The van der Waals surface area contributed by atoms with E-state index in [9.17, 15) is 4.79 Å². The second-order valence-electron chi connectivity index (χ2n) is 3.88. The molecule has 0 spiro atoms. The zero-order valence-electron chi connectivity index (χ0n) is 10.4. The highest BCUT2D eigenvalue weighted by Crippen LogP contribution is 2.25. The van der Waals surface area contributed by atoms with Crippen LogP contribution in [0.25, 0.3) is 0 Å². The van der Waals surface area contributed by atoms with E-state index in [2.05, 4.69) is 0 Å². The molecule has 0 radical (unpaired) electrons. The predicted octanol–water partition coefficient (Wildman–Crippen LogP) is 3.19. The maximum Gasteiger partial charge on any atom is 0.334 e. The van der Waals surface area contributed by atoms with Gasteiger partial charge in [0.15, 0.2) is 0 Å². The highest BCUT2D eigenvalue weighted by molar-refractivity contribution is 6.17. The first-order valence-electron chi connectivity index (χ1n) is 5.95. The monoisotopic (exact) mass is 258 g/mol. The van der Waals surface area contributed by atoms with E-state index < -0.39 is 0 Å². The number of rotatable bonds is 6. The Morgan fingerprint density at radius 2 is 2.24 bits per heavy atom. The van der Waals surface area contributed by atoms with Crippen molar-refractivity contribution in [2.75, 3.05) is 19.1 Å². The van der Waals surface area contributed by atoms with Crippen LogP contribution >= 0.6 is 11.6 Å². The molecule has 96 valence electrons. The lowest BCUT2D eigenvalue weighted by Gasteiger charge is -2.17. The van der Waals surface area contributed by atoms with Crippen LogP contribution in [0.1, 0.15) is 33.1 Å². The Kier molecular flexibility index (Phi) is 6.12. The van der Waals surface area contributed by atoms with Crippen molar-refractivity contribution in [1.82, 2.24) is 0 Å². The lowest BCUT2D eigenvalue weighted by molar-refractivity contribution is -0.138. The maximum absolute atomic E-state index is 11.6. The third-order valence-electron chi connectivity index (χ3n) is 2.56. The molecule has 1 aliphatic carbocycles. The number of allylic oxidation sites excluding steroid dienone is 3. The van der Waals surface area contributed by atoms with Crippen molar-refractivity contribution in [1.29, 1.82) is 0 Å². The molecule has 4 heteroatoms. The molecular weight excluding hydrogens is 240 g/mol. The largest absolute Gasteiger partial charge is 0.498 e. The highest BCUT2D eigenvalue weighted by Gasteiger charge is 2.18. The minimum absolute atomic E-state index is 0.207. The summed E-state index contributed by atoms with van der Waals surface area (Å²) in [4.78, 5) is 11.6. The third kappa shape index (κ3) is 4.43. The van der Waals surface area contributed by atoms with E-state index in [0.717, 1.165) is 29.7 Å². The number of halogens is 1. The Labute approximate surface area is 107 Å². The van der Waals surface area contributed by atoms with Crippen LogP contribution in [-0.2, 0) is 14.3 Å². The van der Waals surface area contributed by atoms with Crippen LogP contribution in [0.15, 0.2) is 23.0 Å². The molecule has 0 aliphatic heterocycles. The summed E-state index contributed by atoms with van der Waals surface area (Å²) in [7, 11) is 0. The van der Waals surface area contributed by atoms with Gasteiger partial charge in [-0.25, -0.2) is 4.79 Å². The average Bonchev–Trinajstić information content (AvgIpc) is 2.29. The lowest BCUT2D eigenvalue weighted by Crippen LogP contribution is -2.13. The molecule has 1 aliphatic rings. The summed E-state index contributed by atoms with van der Waals surface area (Å²) >= 11 is 5.58. The van der Waals surface area contributed by atoms with Gasteiger partial charge in [-0.05, 0) is 38.3 Å². The molecule has 0 saturated heterocycles. The average molecular weight is 259 g/mol. The zero-order chi connectivity index (χ0) is 12.7. The van der Waals surface area contributed by atoms with Gasteiger partial charge in [-0.1, -0.05) is 0 Å². The van der Waals surface area contributed by atoms with Gasteiger partial charge in [0.25, 0.3) is 0 Å². The van der Waals surface area contributed by atoms with Crippen molar-refractivity contribution >= 4 is 17.6 Å². The Morgan fingerprint density at radius 1 is 1.47 bits per heavy atom. The van der Waals surface area contributed by atoms with Crippen LogP contribution in [0, 0.1) is 0 Å². The summed E-state index contributed by atoms with van der Waals surface area (Å²) < 4.78 is 10.6. The zero-order valence-corrected chi connectivity index (χ0v) is 11.2. The van der Waals surface area contributed by atoms with Crippen LogP contribution < -0.4 is 0 Å². The molecule has 0 N–H and O–H groups in total. The third-order valence-corrected chi connectivity index (χ3v) is 2.83. The molecule has 1 rings (SSSR count). The first-order chi connectivity index (χ1) is 8.19. The Balaban J connectivity index is 2.59. The molecule has 0 heterocycles. The van der Waals surface area contributed by atoms with Crippen LogP contribution in [0.5, 0.6) is 0 Å². The summed E-state index contributed by atoms with van der Waals surface area (Å²) in [6.07, 6.45) is 4.21. The number of alkyl halides is 1. The highest BCUT2D eigenvalue weighted by atomic mass is 35.5. The molecule has 3 nitrogen and oxygen atoms in total. The van der Waals surface area contributed by atoms with Gasteiger partial charge in [0, 0.05) is 17.9 Å². The van der Waals surface area contributed by atoms with Gasteiger partial charge in [-0.3, -0.25) is 0 Å². The van der Waals surface area contributed by atoms with Crippen LogP contribution in [0.3, 0.4) is 0 Å². The van der Waals surface area contributed by atoms with E-state index in [1.54, 1.807) is 0 Å². The first kappa shape index (κ1) is 14.1. The molecular formula is C13H19ClO3. The van der Waals surface area contributed by atoms with Gasteiger partial charge in [0.2, 0.25) is 0 Å². The van der Waals surface area contributed by atoms with Gasteiger partial charge in [-0.15, -0.1) is 11.6 Å². The fourth-order valence-corrected chi connectivity index (χ4v) is 1.81. The van der Waals surface area contributed by atoms with E-state index in [4.69, 9.17) is 21.1 Å². The Morgan fingerprint density at radius 3 is 2.82 bits per heavy atom. The molecule has 0 saturated carbocycles. The smallest absolute Gasteiger partial charge is 0.334 e. The van der Waals surface area contributed by atoms with Gasteiger partial charge < -0.3 is 9.47 Å². The lowest BCUT2D eigenvalue weighted by atomic mass is 9.97. The summed E-state index contributed by atoms with van der Waals surface area (Å²) in [6.45, 7) is 4.78. The Hall–Kier alpha value is -0.960. The van der Waals surface area contributed by atoms with Gasteiger partial charge in [-0.2, -0.15) is 0 Å². The molecule has 0 fully saturated rings. The minimum Gasteiger partial charge on any atom is -0.498 e. The van der Waals surface area contributed by atoms with Gasteiger partial charge >= 0.3 is 5.97 Å². The molecule has 0 bridgehead atoms. The number of carbonyl (C=O) groups excluding carboxylic acids is 1.